The minimum Gasteiger partial charge on any atom is -0.339 e. The molecule has 0 radical (unpaired) electrons. The van der Waals surface area contributed by atoms with Crippen molar-refractivity contribution in [1.29, 1.82) is 0 Å². The van der Waals surface area contributed by atoms with Crippen LogP contribution in [0.15, 0.2) is 36.7 Å². The summed E-state index contributed by atoms with van der Waals surface area (Å²) in [7, 11) is 0. The van der Waals surface area contributed by atoms with Crippen LogP contribution in [0.1, 0.15) is 18.4 Å². The summed E-state index contributed by atoms with van der Waals surface area (Å²) in [4.78, 5) is 8.17. The van der Waals surface area contributed by atoms with Gasteiger partial charge in [0.05, 0.1) is 11.7 Å². The van der Waals surface area contributed by atoms with Crippen molar-refractivity contribution >= 4 is 28.2 Å². The Bertz CT molecular complexity index is 1390. The van der Waals surface area contributed by atoms with Gasteiger partial charge in [-0.3, -0.25) is 4.98 Å². The summed E-state index contributed by atoms with van der Waals surface area (Å²) < 4.78 is 68.4. The highest BCUT2D eigenvalue weighted by molar-refractivity contribution is 5.92. The summed E-state index contributed by atoms with van der Waals surface area (Å²) in [6, 6.07) is 5.18. The van der Waals surface area contributed by atoms with Gasteiger partial charge in [-0.25, -0.2) is 8.79 Å². The van der Waals surface area contributed by atoms with Crippen molar-refractivity contribution in [3.05, 3.63) is 54.1 Å². The number of hydrogen-bond acceptors (Lipinski definition) is 5. The molecule has 11 heteroatoms. The van der Waals surface area contributed by atoms with E-state index in [4.69, 9.17) is 0 Å². The summed E-state index contributed by atoms with van der Waals surface area (Å²) in [6.07, 6.45) is -2.55. The van der Waals surface area contributed by atoms with Crippen LogP contribution in [0.2, 0.25) is 0 Å². The molecule has 3 heterocycles. The van der Waals surface area contributed by atoms with Crippen LogP contribution >= 0.6 is 0 Å². The first kappa shape index (κ1) is 19.2. The maximum atomic E-state index is 14.1. The van der Waals surface area contributed by atoms with Crippen LogP contribution < -0.4 is 5.32 Å². The van der Waals surface area contributed by atoms with E-state index in [0.29, 0.717) is 10.9 Å². The van der Waals surface area contributed by atoms with Crippen molar-refractivity contribution in [3.8, 4) is 11.8 Å². The van der Waals surface area contributed by atoms with E-state index in [-0.39, 0.29) is 35.7 Å². The Morgan fingerprint density at radius 1 is 1.10 bits per heavy atom. The molecule has 3 aromatic heterocycles. The third-order valence-electron chi connectivity index (χ3n) is 5.01. The van der Waals surface area contributed by atoms with Crippen LogP contribution in [0.25, 0.3) is 16.7 Å². The fourth-order valence-corrected chi connectivity index (χ4v) is 3.22. The smallest absolute Gasteiger partial charge is 0.339 e. The lowest BCUT2D eigenvalue weighted by atomic mass is 10.1. The zero-order valence-corrected chi connectivity index (χ0v) is 15.5. The van der Waals surface area contributed by atoms with E-state index in [0.717, 1.165) is 16.5 Å². The Morgan fingerprint density at radius 3 is 2.65 bits per heavy atom. The third kappa shape index (κ3) is 3.30. The summed E-state index contributed by atoms with van der Waals surface area (Å²) in [5, 5.41) is 10.4. The van der Waals surface area contributed by atoms with Crippen molar-refractivity contribution in [3.63, 3.8) is 0 Å². The zero-order valence-electron chi connectivity index (χ0n) is 15.5. The highest BCUT2D eigenvalue weighted by atomic mass is 19.4. The van der Waals surface area contributed by atoms with Gasteiger partial charge < -0.3 is 5.32 Å². The van der Waals surface area contributed by atoms with Crippen LogP contribution in [0.4, 0.5) is 33.5 Å². The minimum absolute atomic E-state index is 0.0437. The summed E-state index contributed by atoms with van der Waals surface area (Å²) in [6.45, 7) is 0. The molecule has 0 unspecified atom stereocenters. The highest BCUT2D eigenvalue weighted by Gasteiger charge is 2.62. The lowest BCUT2D eigenvalue weighted by Gasteiger charge is -2.12. The average Bonchev–Trinajstić information content (AvgIpc) is 3.44. The molecule has 0 spiro atoms. The summed E-state index contributed by atoms with van der Waals surface area (Å²) in [5.41, 5.74) is -1.40. The van der Waals surface area contributed by atoms with E-state index in [9.17, 15) is 22.0 Å². The molecular weight excluding hydrogens is 419 g/mol. The normalized spacial score (nSPS) is 15.0. The van der Waals surface area contributed by atoms with Crippen molar-refractivity contribution < 1.29 is 22.0 Å². The Kier molecular flexibility index (Phi) is 4.08. The molecule has 0 saturated heterocycles. The molecule has 156 valence electrons. The van der Waals surface area contributed by atoms with Crippen LogP contribution in [-0.2, 0) is 0 Å². The van der Waals surface area contributed by atoms with Crippen LogP contribution in [-0.4, -0.2) is 30.7 Å². The SMILES string of the molecule is Fc1cc(C#CC2(C(F)(F)F)CC2)cc(Nc2nc3nnc(F)n3c3cnccc23)c1. The maximum Gasteiger partial charge on any atom is 0.405 e. The van der Waals surface area contributed by atoms with Crippen molar-refractivity contribution in [2.75, 3.05) is 5.32 Å². The Morgan fingerprint density at radius 2 is 1.90 bits per heavy atom. The van der Waals surface area contributed by atoms with Gasteiger partial charge in [0.1, 0.15) is 17.1 Å². The molecule has 1 saturated carbocycles. The predicted molar refractivity (Wildman–Crippen MR) is 100 cm³/mol. The van der Waals surface area contributed by atoms with E-state index in [1.54, 1.807) is 6.07 Å². The molecule has 6 nitrogen and oxygen atoms in total. The lowest BCUT2D eigenvalue weighted by molar-refractivity contribution is -0.168. The molecule has 1 fully saturated rings. The molecule has 1 N–H and O–H groups in total. The number of hydrogen-bond donors (Lipinski definition) is 1. The molecule has 0 atom stereocenters. The van der Waals surface area contributed by atoms with Gasteiger partial charge >= 0.3 is 12.3 Å². The number of nitrogens with zero attached hydrogens (tertiary/aromatic N) is 5. The second-order valence-electron chi connectivity index (χ2n) is 7.14. The van der Waals surface area contributed by atoms with E-state index in [1.807, 2.05) is 0 Å². The molecule has 0 aliphatic heterocycles. The summed E-state index contributed by atoms with van der Waals surface area (Å²) >= 11 is 0. The number of rotatable bonds is 2. The number of fused-ring (bicyclic) bond motifs is 3. The number of nitrogens with one attached hydrogen (secondary N) is 1. The Hall–Kier alpha value is -3.81. The predicted octanol–water partition coefficient (Wildman–Crippen LogP) is 4.39. The van der Waals surface area contributed by atoms with Gasteiger partial charge in [0, 0.05) is 22.8 Å². The van der Waals surface area contributed by atoms with Gasteiger partial charge in [-0.1, -0.05) is 16.9 Å². The van der Waals surface area contributed by atoms with Crippen molar-refractivity contribution in [2.45, 2.75) is 19.0 Å². The first-order chi connectivity index (χ1) is 14.8. The van der Waals surface area contributed by atoms with Gasteiger partial charge in [-0.15, -0.1) is 5.10 Å². The molecule has 4 aromatic rings. The Labute approximate surface area is 171 Å². The fourth-order valence-electron chi connectivity index (χ4n) is 3.22. The van der Waals surface area contributed by atoms with Gasteiger partial charge in [0.25, 0.3) is 5.78 Å². The highest BCUT2D eigenvalue weighted by Crippen LogP contribution is 2.57. The largest absolute Gasteiger partial charge is 0.405 e. The lowest BCUT2D eigenvalue weighted by Crippen LogP contribution is -2.22. The monoisotopic (exact) mass is 430 g/mol. The van der Waals surface area contributed by atoms with Crippen molar-refractivity contribution in [2.24, 2.45) is 5.41 Å². The van der Waals surface area contributed by atoms with Gasteiger partial charge in [-0.05, 0) is 37.1 Å². The molecule has 1 aromatic carbocycles. The molecule has 1 aliphatic carbocycles. The number of anilines is 2. The number of benzene rings is 1. The Balaban J connectivity index is 1.55. The van der Waals surface area contributed by atoms with Gasteiger partial charge in [0.2, 0.25) is 0 Å². The van der Waals surface area contributed by atoms with Gasteiger partial charge in [0.15, 0.2) is 0 Å². The minimum atomic E-state index is -4.42. The standard InChI is InChI=1S/C20H11F5N6/c21-12-7-11(1-3-19(4-5-19)20(23,24)25)8-13(9-12)27-16-14-2-6-26-10-15(14)31-17(22)29-30-18(31)28-16/h2,6-10H,4-5H2,(H,27,28,30). The number of halogens is 5. The molecule has 31 heavy (non-hydrogen) atoms. The van der Waals surface area contributed by atoms with Crippen LogP contribution in [0, 0.1) is 29.2 Å². The van der Waals surface area contributed by atoms with E-state index < -0.39 is 23.5 Å². The topological polar surface area (TPSA) is 68.0 Å². The fraction of sp³-hybridized carbons (Fsp3) is 0.200. The molecule has 5 rings (SSSR count). The van der Waals surface area contributed by atoms with E-state index >= 15 is 0 Å². The average molecular weight is 430 g/mol. The quantitative estimate of drug-likeness (QED) is 0.378. The second kappa shape index (κ2) is 6.60. The third-order valence-corrected chi connectivity index (χ3v) is 5.01. The first-order valence-electron chi connectivity index (χ1n) is 9.08. The molecule has 0 amide bonds. The summed E-state index contributed by atoms with van der Waals surface area (Å²) in [5.74, 6) is 4.17. The van der Waals surface area contributed by atoms with E-state index in [1.165, 1.54) is 18.5 Å². The van der Waals surface area contributed by atoms with Crippen LogP contribution in [0.5, 0.6) is 0 Å². The number of alkyl halides is 3. The van der Waals surface area contributed by atoms with E-state index in [2.05, 4.69) is 37.3 Å². The van der Waals surface area contributed by atoms with Crippen molar-refractivity contribution in [1.82, 2.24) is 24.6 Å². The second-order valence-corrected chi connectivity index (χ2v) is 7.14. The number of aromatic nitrogens is 5. The van der Waals surface area contributed by atoms with Gasteiger partial charge in [-0.2, -0.15) is 22.5 Å². The number of pyridine rings is 1. The molecule has 0 bridgehead atoms. The zero-order chi connectivity index (χ0) is 21.8. The van der Waals surface area contributed by atoms with Crippen LogP contribution in [0.3, 0.4) is 0 Å². The first-order valence-corrected chi connectivity index (χ1v) is 9.08. The molecule has 1 aliphatic rings. The maximum absolute atomic E-state index is 14.1. The molecular formula is C20H11F5N6.